The Kier molecular flexibility index (Phi) is 10.2. The van der Waals surface area contributed by atoms with Crippen molar-refractivity contribution in [3.8, 4) is 11.1 Å². The van der Waals surface area contributed by atoms with Gasteiger partial charge in [-0.25, -0.2) is 13.6 Å². The number of carbonyl (C=O) groups excluding carboxylic acids is 3. The molecule has 0 aliphatic carbocycles. The molecule has 3 heterocycles. The normalized spacial score (nSPS) is 17.5. The lowest BCUT2D eigenvalue weighted by Gasteiger charge is -2.31. The van der Waals surface area contributed by atoms with Crippen molar-refractivity contribution in [3.05, 3.63) is 80.9 Å². The van der Waals surface area contributed by atoms with Gasteiger partial charge in [0.1, 0.15) is 16.0 Å². The van der Waals surface area contributed by atoms with Crippen LogP contribution >= 0.6 is 35.3 Å². The Balaban J connectivity index is 1.35. The van der Waals surface area contributed by atoms with Crippen molar-refractivity contribution in [2.75, 3.05) is 18.4 Å². The van der Waals surface area contributed by atoms with Gasteiger partial charge >= 0.3 is 5.97 Å². The number of rotatable bonds is 8. The number of nitrogens with one attached hydrogen (secondary N) is 2. The van der Waals surface area contributed by atoms with Gasteiger partial charge < -0.3 is 15.4 Å². The Labute approximate surface area is 274 Å². The van der Waals surface area contributed by atoms with Crippen molar-refractivity contribution in [2.45, 2.75) is 51.7 Å². The van der Waals surface area contributed by atoms with E-state index in [1.807, 2.05) is 0 Å². The highest BCUT2D eigenvalue weighted by Crippen LogP contribution is 2.38. The fourth-order valence-corrected chi connectivity index (χ4v) is 7.42. The first-order chi connectivity index (χ1) is 21.4. The van der Waals surface area contributed by atoms with E-state index in [2.05, 4.69) is 10.6 Å². The topological polar surface area (TPSA) is 87.7 Å². The van der Waals surface area contributed by atoms with E-state index < -0.39 is 29.2 Å². The summed E-state index contributed by atoms with van der Waals surface area (Å²) in [5.74, 6) is -2.82. The van der Waals surface area contributed by atoms with Gasteiger partial charge in [-0.15, -0.1) is 11.3 Å². The first-order valence-corrected chi connectivity index (χ1v) is 16.6. The molecular weight excluding hydrogens is 637 g/mol. The fraction of sp³-hybridized carbons (Fsp3) is 0.333. The third-order valence-corrected chi connectivity index (χ3v) is 9.60. The molecule has 12 heteroatoms. The van der Waals surface area contributed by atoms with Gasteiger partial charge in [-0.3, -0.25) is 14.5 Å². The summed E-state index contributed by atoms with van der Waals surface area (Å²) in [7, 11) is 0. The van der Waals surface area contributed by atoms with Crippen LogP contribution in [0.5, 0.6) is 0 Å². The number of hydrogen-bond donors (Lipinski definition) is 2. The average molecular weight is 670 g/mol. The molecule has 2 aliphatic heterocycles. The van der Waals surface area contributed by atoms with Gasteiger partial charge in [0.05, 0.1) is 10.5 Å². The van der Waals surface area contributed by atoms with Crippen molar-refractivity contribution in [2.24, 2.45) is 5.92 Å². The van der Waals surface area contributed by atoms with E-state index in [-0.39, 0.29) is 22.1 Å². The maximum atomic E-state index is 13.8. The minimum Gasteiger partial charge on any atom is -0.456 e. The molecule has 45 heavy (non-hydrogen) atoms. The van der Waals surface area contributed by atoms with Gasteiger partial charge in [0.25, 0.3) is 5.91 Å². The van der Waals surface area contributed by atoms with E-state index >= 15 is 0 Å². The number of halogens is 2. The highest BCUT2D eigenvalue weighted by atomic mass is 32.2. The van der Waals surface area contributed by atoms with Crippen LogP contribution < -0.4 is 10.6 Å². The molecule has 2 aromatic carbocycles. The zero-order valence-electron chi connectivity index (χ0n) is 25.0. The number of thioether (sulfide) groups is 1. The summed E-state index contributed by atoms with van der Waals surface area (Å²) < 4.78 is 32.9. The van der Waals surface area contributed by atoms with Gasteiger partial charge in [-0.1, -0.05) is 30.0 Å². The van der Waals surface area contributed by atoms with E-state index in [9.17, 15) is 23.2 Å². The van der Waals surface area contributed by atoms with Gasteiger partial charge in [0.2, 0.25) is 5.91 Å². The number of esters is 1. The molecule has 1 aromatic heterocycles. The maximum Gasteiger partial charge on any atom is 0.338 e. The van der Waals surface area contributed by atoms with Crippen LogP contribution in [0.25, 0.3) is 17.2 Å². The van der Waals surface area contributed by atoms with Crippen LogP contribution in [0.15, 0.2) is 58.8 Å². The molecule has 2 amide bonds. The molecular formula is C33H33F2N3O4S3. The van der Waals surface area contributed by atoms with E-state index in [1.165, 1.54) is 22.3 Å². The second-order valence-electron chi connectivity index (χ2n) is 11.9. The summed E-state index contributed by atoms with van der Waals surface area (Å²) in [6.45, 7) is 7.04. The highest BCUT2D eigenvalue weighted by molar-refractivity contribution is 8.26. The van der Waals surface area contributed by atoms with E-state index in [0.717, 1.165) is 54.7 Å². The van der Waals surface area contributed by atoms with E-state index in [0.29, 0.717) is 33.7 Å². The zero-order valence-corrected chi connectivity index (χ0v) is 27.5. The molecule has 7 nitrogen and oxygen atoms in total. The van der Waals surface area contributed by atoms with Gasteiger partial charge in [-0.05, 0) is 124 Å². The lowest BCUT2D eigenvalue weighted by Crippen LogP contribution is -2.48. The Morgan fingerprint density at radius 2 is 1.80 bits per heavy atom. The van der Waals surface area contributed by atoms with Gasteiger partial charge in [-0.2, -0.15) is 0 Å². The summed E-state index contributed by atoms with van der Waals surface area (Å²) in [4.78, 5) is 42.5. The molecule has 2 aliphatic rings. The fourth-order valence-electron chi connectivity index (χ4n) is 5.15. The molecule has 1 atom stereocenters. The number of benzene rings is 2. The summed E-state index contributed by atoms with van der Waals surface area (Å²) >= 11 is 8.14. The number of ether oxygens (including phenoxy) is 1. The molecule has 0 radical (unpaired) electrons. The second-order valence-corrected chi connectivity index (χ2v) is 14.6. The van der Waals surface area contributed by atoms with Crippen molar-refractivity contribution in [1.29, 1.82) is 0 Å². The molecule has 0 spiro atoms. The summed E-state index contributed by atoms with van der Waals surface area (Å²) in [6, 6.07) is 11.1. The Morgan fingerprint density at radius 3 is 2.47 bits per heavy atom. The van der Waals surface area contributed by atoms with E-state index in [4.69, 9.17) is 17.0 Å². The second kappa shape index (κ2) is 13.9. The Bertz CT molecular complexity index is 1640. The molecule has 2 N–H and O–H groups in total. The molecule has 0 bridgehead atoms. The lowest BCUT2D eigenvalue weighted by molar-refractivity contribution is -0.130. The van der Waals surface area contributed by atoms with Crippen LogP contribution in [0.1, 0.15) is 55.3 Å². The number of hydrogen-bond acceptors (Lipinski definition) is 8. The van der Waals surface area contributed by atoms with Crippen LogP contribution in [0.4, 0.5) is 14.5 Å². The number of carbonyl (C=O) groups is 3. The average Bonchev–Trinajstić information content (AvgIpc) is 3.56. The van der Waals surface area contributed by atoms with Crippen LogP contribution in [-0.2, 0) is 14.3 Å². The van der Waals surface area contributed by atoms with Crippen molar-refractivity contribution < 1.29 is 27.9 Å². The van der Waals surface area contributed by atoms with Crippen LogP contribution in [0.3, 0.4) is 0 Å². The van der Waals surface area contributed by atoms with Crippen molar-refractivity contribution >= 4 is 69.2 Å². The highest BCUT2D eigenvalue weighted by Gasteiger charge is 2.41. The smallest absolute Gasteiger partial charge is 0.338 e. The van der Waals surface area contributed by atoms with Crippen LogP contribution in [0.2, 0.25) is 0 Å². The third kappa shape index (κ3) is 8.23. The first kappa shape index (κ1) is 32.9. The summed E-state index contributed by atoms with van der Waals surface area (Å²) in [6.07, 6.45) is 3.91. The molecule has 236 valence electrons. The van der Waals surface area contributed by atoms with Crippen molar-refractivity contribution in [3.63, 3.8) is 0 Å². The number of thiocarbonyl (C=S) groups is 1. The molecule has 3 aromatic rings. The van der Waals surface area contributed by atoms with Crippen molar-refractivity contribution in [1.82, 2.24) is 10.2 Å². The Morgan fingerprint density at radius 1 is 1.09 bits per heavy atom. The van der Waals surface area contributed by atoms with Crippen LogP contribution in [-0.4, -0.2) is 51.7 Å². The minimum atomic E-state index is -0.932. The lowest BCUT2D eigenvalue weighted by atomic mass is 9.90. The SMILES string of the molecule is CC(C)(C)OC(=O)c1ccc(NC(=O)C(CC2CCNCC2)N2C(=O)C(=Cc3cc(-c4ccc(F)c(F)c4)cs3)SC2=S)cc1. The van der Waals surface area contributed by atoms with Crippen LogP contribution in [0, 0.1) is 17.6 Å². The molecule has 1 unspecified atom stereocenters. The molecule has 2 fully saturated rings. The summed E-state index contributed by atoms with van der Waals surface area (Å²) in [5, 5.41) is 8.05. The third-order valence-electron chi connectivity index (χ3n) is 7.39. The zero-order chi connectivity index (χ0) is 32.3. The quantitative estimate of drug-likeness (QED) is 0.149. The first-order valence-electron chi connectivity index (χ1n) is 14.5. The number of anilines is 1. The number of amides is 2. The number of thiophene rings is 1. The predicted molar refractivity (Wildman–Crippen MR) is 179 cm³/mol. The van der Waals surface area contributed by atoms with E-state index in [1.54, 1.807) is 62.6 Å². The molecule has 5 rings (SSSR count). The number of piperidine rings is 1. The standard InChI is InChI=1S/C33H33F2N3O4S3/c1-33(2,3)42-31(41)20-4-7-23(8-5-20)37-29(39)27(14-19-10-12-36-13-11-19)38-30(40)28(45-32(38)43)17-24-15-22(18-44-24)21-6-9-25(34)26(35)16-21/h4-9,15-19,27,36H,10-14H2,1-3H3,(H,37,39). The Hall–Kier alpha value is -3.45. The largest absolute Gasteiger partial charge is 0.456 e. The molecule has 0 saturated carbocycles. The van der Waals surface area contributed by atoms with Gasteiger partial charge in [0.15, 0.2) is 11.6 Å². The van der Waals surface area contributed by atoms with Gasteiger partial charge in [0, 0.05) is 10.6 Å². The molecule has 2 saturated heterocycles. The number of nitrogens with zero attached hydrogens (tertiary/aromatic N) is 1. The summed E-state index contributed by atoms with van der Waals surface area (Å²) in [5.41, 5.74) is 1.42. The predicted octanol–water partition coefficient (Wildman–Crippen LogP) is 7.25. The maximum absolute atomic E-state index is 13.8. The minimum absolute atomic E-state index is 0.223. The monoisotopic (exact) mass is 669 g/mol.